The number of hydrogen-bond donors (Lipinski definition) is 0. The van der Waals surface area contributed by atoms with Crippen molar-refractivity contribution in [1.82, 2.24) is 0 Å². The fourth-order valence-electron chi connectivity index (χ4n) is 3.10. The fourth-order valence-corrected chi connectivity index (χ4v) is 3.40. The normalized spacial score (nSPS) is 17.9. The van der Waals surface area contributed by atoms with Crippen molar-refractivity contribution >= 4 is 29.0 Å². The molecule has 1 fully saturated rings. The molecule has 1 atom stereocenters. The molecule has 1 nitrogen and oxygen atoms in total. The van der Waals surface area contributed by atoms with Gasteiger partial charge in [-0.15, -0.1) is 0 Å². The van der Waals surface area contributed by atoms with Crippen LogP contribution in [0.2, 0.25) is 10.0 Å². The monoisotopic (exact) mass is 312 g/mol. The molecule has 0 aliphatic heterocycles. The summed E-state index contributed by atoms with van der Waals surface area (Å²) in [6, 6.07) is 5.73. The first-order valence-corrected chi connectivity index (χ1v) is 8.35. The molecule has 0 bridgehead atoms. The summed E-state index contributed by atoms with van der Waals surface area (Å²) < 4.78 is 0. The molecule has 0 aromatic heterocycles. The third kappa shape index (κ3) is 3.99. The molecule has 110 valence electrons. The van der Waals surface area contributed by atoms with E-state index < -0.39 is 0 Å². The van der Waals surface area contributed by atoms with Crippen molar-refractivity contribution in [2.45, 2.75) is 57.8 Å². The van der Waals surface area contributed by atoms with E-state index in [-0.39, 0.29) is 5.92 Å². The highest BCUT2D eigenvalue weighted by Gasteiger charge is 2.24. The van der Waals surface area contributed by atoms with Gasteiger partial charge in [0.25, 0.3) is 0 Å². The van der Waals surface area contributed by atoms with E-state index in [9.17, 15) is 4.79 Å². The van der Waals surface area contributed by atoms with Crippen molar-refractivity contribution in [3.63, 3.8) is 0 Å². The van der Waals surface area contributed by atoms with E-state index >= 15 is 0 Å². The van der Waals surface area contributed by atoms with E-state index in [0.29, 0.717) is 28.2 Å². The maximum absolute atomic E-state index is 12.4. The van der Waals surface area contributed by atoms with Crippen molar-refractivity contribution in [3.05, 3.63) is 33.8 Å². The molecule has 3 heteroatoms. The summed E-state index contributed by atoms with van der Waals surface area (Å²) in [6.07, 6.45) is 7.45. The molecule has 0 amide bonds. The van der Waals surface area contributed by atoms with Gasteiger partial charge in [-0.25, -0.2) is 0 Å². The lowest BCUT2D eigenvalue weighted by Crippen LogP contribution is -2.19. The summed E-state index contributed by atoms with van der Waals surface area (Å²) in [5.74, 6) is 0.988. The second kappa shape index (κ2) is 7.47. The Bertz CT molecular complexity index is 464. The van der Waals surface area contributed by atoms with Gasteiger partial charge in [0.15, 0.2) is 0 Å². The molecule has 2 rings (SSSR count). The number of rotatable bonds is 5. The molecular weight excluding hydrogens is 291 g/mol. The Kier molecular flexibility index (Phi) is 5.92. The van der Waals surface area contributed by atoms with Crippen LogP contribution in [0.25, 0.3) is 0 Å². The van der Waals surface area contributed by atoms with E-state index in [0.717, 1.165) is 24.8 Å². The summed E-state index contributed by atoms with van der Waals surface area (Å²) in [7, 11) is 0. The van der Waals surface area contributed by atoms with Crippen LogP contribution in [0.3, 0.4) is 0 Å². The van der Waals surface area contributed by atoms with Crippen LogP contribution in [-0.2, 0) is 4.79 Å². The molecule has 1 aliphatic rings. The number of hydrogen-bond acceptors (Lipinski definition) is 1. The minimum atomic E-state index is 0.263. The topological polar surface area (TPSA) is 17.1 Å². The van der Waals surface area contributed by atoms with E-state index in [1.807, 2.05) is 18.2 Å². The van der Waals surface area contributed by atoms with Gasteiger partial charge in [-0.1, -0.05) is 55.5 Å². The predicted octanol–water partition coefficient (Wildman–Crippen LogP) is 6.03. The van der Waals surface area contributed by atoms with Crippen molar-refractivity contribution in [1.29, 1.82) is 0 Å². The Morgan fingerprint density at radius 2 is 1.90 bits per heavy atom. The smallest absolute Gasteiger partial charge is 0.136 e. The zero-order valence-electron chi connectivity index (χ0n) is 12.0. The number of carbonyl (C=O) groups is 1. The molecule has 1 aromatic rings. The summed E-state index contributed by atoms with van der Waals surface area (Å²) in [5, 5.41) is 1.15. The Morgan fingerprint density at radius 3 is 2.50 bits per heavy atom. The lowest BCUT2D eigenvalue weighted by Gasteiger charge is -2.23. The van der Waals surface area contributed by atoms with Crippen LogP contribution in [0.5, 0.6) is 0 Å². The summed E-state index contributed by atoms with van der Waals surface area (Å²) in [5.41, 5.74) is 1.13. The van der Waals surface area contributed by atoms with Gasteiger partial charge in [0.1, 0.15) is 5.78 Å². The predicted molar refractivity (Wildman–Crippen MR) is 85.7 cm³/mol. The van der Waals surface area contributed by atoms with Crippen molar-refractivity contribution in [2.75, 3.05) is 0 Å². The second-order valence-electron chi connectivity index (χ2n) is 5.78. The summed E-state index contributed by atoms with van der Waals surface area (Å²) in [4.78, 5) is 12.4. The van der Waals surface area contributed by atoms with E-state index in [1.165, 1.54) is 19.3 Å². The molecule has 1 saturated carbocycles. The molecule has 1 unspecified atom stereocenters. The van der Waals surface area contributed by atoms with Gasteiger partial charge in [-0.05, 0) is 42.9 Å². The van der Waals surface area contributed by atoms with E-state index in [1.54, 1.807) is 0 Å². The number of ketones is 1. The number of benzene rings is 1. The van der Waals surface area contributed by atoms with Gasteiger partial charge in [0, 0.05) is 12.3 Å². The van der Waals surface area contributed by atoms with Crippen LogP contribution in [-0.4, -0.2) is 5.78 Å². The van der Waals surface area contributed by atoms with Crippen LogP contribution in [0, 0.1) is 5.92 Å². The second-order valence-corrected chi connectivity index (χ2v) is 6.60. The maximum atomic E-state index is 12.4. The third-order valence-electron chi connectivity index (χ3n) is 4.42. The highest BCUT2D eigenvalue weighted by atomic mass is 35.5. The minimum Gasteiger partial charge on any atom is -0.299 e. The molecule has 1 aliphatic carbocycles. The van der Waals surface area contributed by atoms with Gasteiger partial charge < -0.3 is 0 Å². The third-order valence-corrected chi connectivity index (χ3v) is 5.15. The number of Topliss-reactive ketones (excluding diaryl/α,β-unsaturated/α-hetero) is 1. The zero-order valence-corrected chi connectivity index (χ0v) is 13.5. The van der Waals surface area contributed by atoms with Crippen LogP contribution >= 0.6 is 23.2 Å². The van der Waals surface area contributed by atoms with E-state index in [2.05, 4.69) is 6.92 Å². The molecule has 20 heavy (non-hydrogen) atoms. The van der Waals surface area contributed by atoms with Crippen molar-refractivity contribution < 1.29 is 4.79 Å². The quantitative estimate of drug-likeness (QED) is 0.649. The average molecular weight is 313 g/mol. The molecule has 0 radical (unpaired) electrons. The van der Waals surface area contributed by atoms with Gasteiger partial charge in [-0.2, -0.15) is 0 Å². The standard InChI is InChI=1S/C17H22Cl2O/c1-2-12(14-8-9-15(18)16(19)10-14)11-17(20)13-6-4-3-5-7-13/h8-10,12-13H,2-7,11H2,1H3. The fraction of sp³-hybridized carbons (Fsp3) is 0.588. The average Bonchev–Trinajstić information content (AvgIpc) is 2.48. The molecule has 0 heterocycles. The SMILES string of the molecule is CCC(CC(=O)C1CCCCC1)c1ccc(Cl)c(Cl)c1. The van der Waals surface area contributed by atoms with Gasteiger partial charge >= 0.3 is 0 Å². The zero-order chi connectivity index (χ0) is 14.5. The lowest BCUT2D eigenvalue weighted by molar-refractivity contribution is -0.124. The molecular formula is C17H22Cl2O. The molecule has 0 spiro atoms. The first-order chi connectivity index (χ1) is 9.61. The van der Waals surface area contributed by atoms with Crippen LogP contribution in [0.1, 0.15) is 63.4 Å². The summed E-state index contributed by atoms with van der Waals surface area (Å²) in [6.45, 7) is 2.13. The highest BCUT2D eigenvalue weighted by molar-refractivity contribution is 6.42. The Morgan fingerprint density at radius 1 is 1.20 bits per heavy atom. The molecule has 1 aromatic carbocycles. The van der Waals surface area contributed by atoms with E-state index in [4.69, 9.17) is 23.2 Å². The minimum absolute atomic E-state index is 0.263. The molecule has 0 saturated heterocycles. The summed E-state index contributed by atoms with van der Waals surface area (Å²) >= 11 is 12.0. The Labute approximate surface area is 131 Å². The van der Waals surface area contributed by atoms with Crippen LogP contribution < -0.4 is 0 Å². The first-order valence-electron chi connectivity index (χ1n) is 7.59. The van der Waals surface area contributed by atoms with Crippen molar-refractivity contribution in [2.24, 2.45) is 5.92 Å². The largest absolute Gasteiger partial charge is 0.299 e. The lowest BCUT2D eigenvalue weighted by atomic mass is 9.81. The van der Waals surface area contributed by atoms with Gasteiger partial charge in [0.2, 0.25) is 0 Å². The van der Waals surface area contributed by atoms with Crippen molar-refractivity contribution in [3.8, 4) is 0 Å². The van der Waals surface area contributed by atoms with Crippen LogP contribution in [0.15, 0.2) is 18.2 Å². The maximum Gasteiger partial charge on any atom is 0.136 e. The first kappa shape index (κ1) is 15.9. The van der Waals surface area contributed by atoms with Crippen LogP contribution in [0.4, 0.5) is 0 Å². The Hall–Kier alpha value is -0.530. The number of carbonyl (C=O) groups excluding carboxylic acids is 1. The van der Waals surface area contributed by atoms with Gasteiger partial charge in [0.05, 0.1) is 10.0 Å². The Balaban J connectivity index is 2.04. The number of halogens is 2. The highest BCUT2D eigenvalue weighted by Crippen LogP contribution is 2.33. The van der Waals surface area contributed by atoms with Gasteiger partial charge in [-0.3, -0.25) is 4.79 Å². The molecule has 0 N–H and O–H groups in total.